The van der Waals surface area contributed by atoms with E-state index in [1.807, 2.05) is 18.9 Å². The van der Waals surface area contributed by atoms with Gasteiger partial charge < -0.3 is 5.11 Å². The van der Waals surface area contributed by atoms with Crippen LogP contribution in [-0.4, -0.2) is 29.8 Å². The summed E-state index contributed by atoms with van der Waals surface area (Å²) in [6.07, 6.45) is 10.5. The van der Waals surface area contributed by atoms with E-state index in [2.05, 4.69) is 6.92 Å². The standard InChI is InChI=1S/C13H29NO/c1-4-5-6-7-8-9-10-11-12-14(3)13(2)15/h13,15H,4-12H2,1-3H3. The summed E-state index contributed by atoms with van der Waals surface area (Å²) in [6, 6.07) is 0. The van der Waals surface area contributed by atoms with Crippen LogP contribution in [0.2, 0.25) is 0 Å². The second-order valence-corrected chi connectivity index (χ2v) is 4.59. The predicted molar refractivity (Wildman–Crippen MR) is 66.9 cm³/mol. The van der Waals surface area contributed by atoms with E-state index < -0.39 is 0 Å². The fraction of sp³-hybridized carbons (Fsp3) is 1.00. The van der Waals surface area contributed by atoms with Gasteiger partial charge in [0.2, 0.25) is 0 Å². The van der Waals surface area contributed by atoms with Crippen LogP contribution >= 0.6 is 0 Å². The average molecular weight is 215 g/mol. The SMILES string of the molecule is CCCCCCCCCCN(C)C(C)O. The molecule has 0 saturated carbocycles. The van der Waals surface area contributed by atoms with Gasteiger partial charge in [0.1, 0.15) is 6.23 Å². The maximum Gasteiger partial charge on any atom is 0.104 e. The van der Waals surface area contributed by atoms with Crippen molar-refractivity contribution >= 4 is 0 Å². The van der Waals surface area contributed by atoms with Crippen molar-refractivity contribution in [1.82, 2.24) is 4.90 Å². The van der Waals surface area contributed by atoms with Crippen LogP contribution in [0.1, 0.15) is 65.2 Å². The molecule has 0 aliphatic rings. The molecular formula is C13H29NO. The van der Waals surface area contributed by atoms with Crippen molar-refractivity contribution in [3.8, 4) is 0 Å². The lowest BCUT2D eigenvalue weighted by Crippen LogP contribution is -2.29. The first kappa shape index (κ1) is 14.9. The van der Waals surface area contributed by atoms with Crippen LogP contribution in [-0.2, 0) is 0 Å². The first-order valence-corrected chi connectivity index (χ1v) is 6.56. The summed E-state index contributed by atoms with van der Waals surface area (Å²) >= 11 is 0. The van der Waals surface area contributed by atoms with Crippen molar-refractivity contribution in [3.05, 3.63) is 0 Å². The maximum atomic E-state index is 9.25. The number of nitrogens with zero attached hydrogens (tertiary/aromatic N) is 1. The molecule has 92 valence electrons. The minimum Gasteiger partial charge on any atom is -0.379 e. The van der Waals surface area contributed by atoms with E-state index in [1.54, 1.807) is 0 Å². The van der Waals surface area contributed by atoms with Crippen LogP contribution in [0.25, 0.3) is 0 Å². The zero-order valence-electron chi connectivity index (χ0n) is 10.8. The molecule has 0 aliphatic carbocycles. The molecule has 0 amide bonds. The molecule has 0 aliphatic heterocycles. The van der Waals surface area contributed by atoms with Crippen molar-refractivity contribution in [2.75, 3.05) is 13.6 Å². The second-order valence-electron chi connectivity index (χ2n) is 4.59. The van der Waals surface area contributed by atoms with Crippen LogP contribution in [0.4, 0.5) is 0 Å². The van der Waals surface area contributed by atoms with E-state index in [9.17, 15) is 5.11 Å². The molecule has 0 radical (unpaired) electrons. The van der Waals surface area contributed by atoms with Gasteiger partial charge >= 0.3 is 0 Å². The summed E-state index contributed by atoms with van der Waals surface area (Å²) in [4.78, 5) is 2.00. The van der Waals surface area contributed by atoms with E-state index >= 15 is 0 Å². The van der Waals surface area contributed by atoms with E-state index in [1.165, 1.54) is 51.4 Å². The van der Waals surface area contributed by atoms with Crippen molar-refractivity contribution in [2.24, 2.45) is 0 Å². The first-order chi connectivity index (χ1) is 7.18. The summed E-state index contributed by atoms with van der Waals surface area (Å²) in [5.74, 6) is 0. The molecule has 0 spiro atoms. The Bertz CT molecular complexity index is 126. The summed E-state index contributed by atoms with van der Waals surface area (Å²) in [5, 5.41) is 9.25. The zero-order valence-corrected chi connectivity index (χ0v) is 10.8. The number of hydrogen-bond donors (Lipinski definition) is 1. The Hall–Kier alpha value is -0.0800. The predicted octanol–water partition coefficient (Wildman–Crippen LogP) is 3.40. The highest BCUT2D eigenvalue weighted by Gasteiger charge is 2.02. The summed E-state index contributed by atoms with van der Waals surface area (Å²) < 4.78 is 0. The Morgan fingerprint density at radius 2 is 1.40 bits per heavy atom. The smallest absolute Gasteiger partial charge is 0.104 e. The van der Waals surface area contributed by atoms with Crippen LogP contribution in [0.15, 0.2) is 0 Å². The van der Waals surface area contributed by atoms with E-state index in [0.717, 1.165) is 6.54 Å². The lowest BCUT2D eigenvalue weighted by Gasteiger charge is -2.19. The lowest BCUT2D eigenvalue weighted by molar-refractivity contribution is 0.0373. The third-order valence-electron chi connectivity index (χ3n) is 3.00. The second kappa shape index (κ2) is 10.4. The number of aliphatic hydroxyl groups is 1. The Kier molecular flexibility index (Phi) is 10.4. The Labute approximate surface area is 95.7 Å². The van der Waals surface area contributed by atoms with Gasteiger partial charge in [0, 0.05) is 6.54 Å². The maximum absolute atomic E-state index is 9.25. The molecule has 15 heavy (non-hydrogen) atoms. The highest BCUT2D eigenvalue weighted by Crippen LogP contribution is 2.08. The molecular weight excluding hydrogens is 186 g/mol. The van der Waals surface area contributed by atoms with Crippen LogP contribution in [0, 0.1) is 0 Å². The highest BCUT2D eigenvalue weighted by atomic mass is 16.3. The van der Waals surface area contributed by atoms with Gasteiger partial charge in [-0.15, -0.1) is 0 Å². The average Bonchev–Trinajstić information content (AvgIpc) is 2.21. The fourth-order valence-electron chi connectivity index (χ4n) is 1.68. The minimum atomic E-state index is -0.297. The Morgan fingerprint density at radius 1 is 0.933 bits per heavy atom. The van der Waals surface area contributed by atoms with Crippen LogP contribution in [0.5, 0.6) is 0 Å². The Balaban J connectivity index is 3.05. The van der Waals surface area contributed by atoms with E-state index in [4.69, 9.17) is 0 Å². The molecule has 0 aromatic carbocycles. The third kappa shape index (κ3) is 10.2. The van der Waals surface area contributed by atoms with Crippen molar-refractivity contribution < 1.29 is 5.11 Å². The van der Waals surface area contributed by atoms with Gasteiger partial charge in [0.15, 0.2) is 0 Å². The Morgan fingerprint density at radius 3 is 1.87 bits per heavy atom. The van der Waals surface area contributed by atoms with Gasteiger partial charge in [0.05, 0.1) is 0 Å². The zero-order chi connectivity index (χ0) is 11.5. The van der Waals surface area contributed by atoms with Gasteiger partial charge in [-0.2, -0.15) is 0 Å². The monoisotopic (exact) mass is 215 g/mol. The van der Waals surface area contributed by atoms with Crippen LogP contribution in [0.3, 0.4) is 0 Å². The quantitative estimate of drug-likeness (QED) is 0.446. The van der Waals surface area contributed by atoms with Gasteiger partial charge in [0.25, 0.3) is 0 Å². The summed E-state index contributed by atoms with van der Waals surface area (Å²) in [7, 11) is 1.98. The minimum absolute atomic E-state index is 0.297. The molecule has 0 saturated heterocycles. The topological polar surface area (TPSA) is 23.5 Å². The number of rotatable bonds is 10. The third-order valence-corrected chi connectivity index (χ3v) is 3.00. The molecule has 2 nitrogen and oxygen atoms in total. The molecule has 0 fully saturated rings. The van der Waals surface area contributed by atoms with Gasteiger partial charge in [-0.1, -0.05) is 51.9 Å². The van der Waals surface area contributed by atoms with Gasteiger partial charge in [-0.3, -0.25) is 4.90 Å². The molecule has 0 aromatic heterocycles. The molecule has 0 heterocycles. The van der Waals surface area contributed by atoms with Gasteiger partial charge in [-0.05, 0) is 20.4 Å². The normalized spacial score (nSPS) is 13.4. The molecule has 1 unspecified atom stereocenters. The first-order valence-electron chi connectivity index (χ1n) is 6.56. The highest BCUT2D eigenvalue weighted by molar-refractivity contribution is 4.52. The molecule has 1 N–H and O–H groups in total. The van der Waals surface area contributed by atoms with Gasteiger partial charge in [-0.25, -0.2) is 0 Å². The van der Waals surface area contributed by atoms with E-state index in [-0.39, 0.29) is 6.23 Å². The molecule has 0 bridgehead atoms. The van der Waals surface area contributed by atoms with E-state index in [0.29, 0.717) is 0 Å². The number of hydrogen-bond acceptors (Lipinski definition) is 2. The summed E-state index contributed by atoms with van der Waals surface area (Å²) in [5.41, 5.74) is 0. The summed E-state index contributed by atoms with van der Waals surface area (Å²) in [6.45, 7) is 5.10. The number of unbranched alkanes of at least 4 members (excludes halogenated alkanes) is 7. The van der Waals surface area contributed by atoms with Crippen molar-refractivity contribution in [3.63, 3.8) is 0 Å². The lowest BCUT2D eigenvalue weighted by atomic mass is 10.1. The molecule has 0 rings (SSSR count). The van der Waals surface area contributed by atoms with Crippen LogP contribution < -0.4 is 0 Å². The molecule has 2 heteroatoms. The largest absolute Gasteiger partial charge is 0.379 e. The van der Waals surface area contributed by atoms with Crippen molar-refractivity contribution in [1.29, 1.82) is 0 Å². The van der Waals surface area contributed by atoms with Crippen molar-refractivity contribution in [2.45, 2.75) is 71.4 Å². The molecule has 1 atom stereocenters. The fourth-order valence-corrected chi connectivity index (χ4v) is 1.68. The number of aliphatic hydroxyl groups excluding tert-OH is 1. The molecule has 0 aromatic rings.